The highest BCUT2D eigenvalue weighted by Crippen LogP contribution is 2.15. The molecule has 0 radical (unpaired) electrons. The molecule has 0 spiro atoms. The zero-order valence-corrected chi connectivity index (χ0v) is 17.4. The maximum atomic E-state index is 12.8. The average molecular weight is 419 g/mol. The van der Waals surface area contributed by atoms with Crippen molar-refractivity contribution in [1.82, 2.24) is 20.2 Å². The number of thiophene rings is 1. The second kappa shape index (κ2) is 9.21. The Morgan fingerprint density at radius 2 is 2.21 bits per heavy atom. The Bertz CT molecular complexity index is 1000. The summed E-state index contributed by atoms with van der Waals surface area (Å²) >= 11 is 7.70. The molecule has 28 heavy (non-hydrogen) atoms. The van der Waals surface area contributed by atoms with Gasteiger partial charge in [-0.1, -0.05) is 24.6 Å². The van der Waals surface area contributed by atoms with Gasteiger partial charge in [0.25, 0.3) is 5.56 Å². The number of urea groups is 1. The van der Waals surface area contributed by atoms with Crippen molar-refractivity contribution in [3.63, 3.8) is 0 Å². The fourth-order valence-corrected chi connectivity index (χ4v) is 4.02. The Labute approximate surface area is 172 Å². The molecule has 0 bridgehead atoms. The average Bonchev–Trinajstić information content (AvgIpc) is 3.13. The van der Waals surface area contributed by atoms with Crippen LogP contribution in [-0.2, 0) is 13.0 Å². The minimum absolute atomic E-state index is 0.00734. The number of halogens is 1. The molecular weight excluding hydrogens is 396 g/mol. The molecule has 0 saturated heterocycles. The molecule has 2 amide bonds. The van der Waals surface area contributed by atoms with Crippen molar-refractivity contribution in [2.24, 2.45) is 0 Å². The summed E-state index contributed by atoms with van der Waals surface area (Å²) in [6.07, 6.45) is 1.59. The van der Waals surface area contributed by atoms with E-state index >= 15 is 0 Å². The molecule has 0 saturated carbocycles. The molecule has 6 nitrogen and oxygen atoms in total. The van der Waals surface area contributed by atoms with E-state index < -0.39 is 0 Å². The first-order valence-corrected chi connectivity index (χ1v) is 10.5. The Morgan fingerprint density at radius 1 is 1.39 bits per heavy atom. The first-order chi connectivity index (χ1) is 13.5. The molecule has 0 fully saturated rings. The molecule has 3 aromatic rings. The number of benzene rings is 1. The fourth-order valence-electron chi connectivity index (χ4n) is 3.02. The summed E-state index contributed by atoms with van der Waals surface area (Å²) in [5.74, 6) is 0.439. The van der Waals surface area contributed by atoms with Crippen molar-refractivity contribution in [3.8, 4) is 0 Å². The normalized spacial score (nSPS) is 12.1. The van der Waals surface area contributed by atoms with Crippen LogP contribution in [0.15, 0.2) is 40.5 Å². The van der Waals surface area contributed by atoms with Gasteiger partial charge in [-0.25, -0.2) is 9.78 Å². The van der Waals surface area contributed by atoms with Crippen molar-refractivity contribution in [2.45, 2.75) is 39.3 Å². The number of carbonyl (C=O) groups is 1. The lowest BCUT2D eigenvalue weighted by atomic mass is 10.2. The van der Waals surface area contributed by atoms with Crippen molar-refractivity contribution in [2.75, 3.05) is 6.54 Å². The van der Waals surface area contributed by atoms with Crippen LogP contribution in [0.25, 0.3) is 10.9 Å². The van der Waals surface area contributed by atoms with Crippen LogP contribution in [0.5, 0.6) is 0 Å². The molecule has 148 valence electrons. The molecular formula is C20H23ClN4O2S. The van der Waals surface area contributed by atoms with Crippen molar-refractivity contribution < 1.29 is 4.79 Å². The van der Waals surface area contributed by atoms with E-state index in [1.807, 2.05) is 25.3 Å². The third-order valence-electron chi connectivity index (χ3n) is 4.30. The third-order valence-corrected chi connectivity index (χ3v) is 5.43. The lowest BCUT2D eigenvalue weighted by molar-refractivity contribution is 0.190. The molecule has 2 heterocycles. The number of fused-ring (bicyclic) bond motifs is 1. The molecule has 0 aliphatic heterocycles. The summed E-state index contributed by atoms with van der Waals surface area (Å²) < 4.78 is 0. The Kier molecular flexibility index (Phi) is 6.70. The Balaban J connectivity index is 1.74. The van der Waals surface area contributed by atoms with Crippen LogP contribution in [0, 0.1) is 0 Å². The Hall–Kier alpha value is -2.38. The molecule has 2 N–H and O–H groups in total. The number of aromatic nitrogens is 2. The third kappa shape index (κ3) is 5.11. The molecule has 8 heteroatoms. The minimum Gasteiger partial charge on any atom is -0.335 e. The number of hydrogen-bond donors (Lipinski definition) is 2. The second-order valence-electron chi connectivity index (χ2n) is 6.73. The lowest BCUT2D eigenvalue weighted by Crippen LogP contribution is -2.44. The van der Waals surface area contributed by atoms with E-state index in [4.69, 9.17) is 11.6 Å². The summed E-state index contributed by atoms with van der Waals surface area (Å²) in [5.41, 5.74) is 0.286. The molecule has 0 aliphatic carbocycles. The summed E-state index contributed by atoms with van der Waals surface area (Å²) in [6.45, 7) is 4.78. The summed E-state index contributed by atoms with van der Waals surface area (Å²) in [7, 11) is 0. The van der Waals surface area contributed by atoms with Gasteiger partial charge in [0.2, 0.25) is 0 Å². The number of hydrogen-bond acceptors (Lipinski definition) is 4. The maximum Gasteiger partial charge on any atom is 0.318 e. The zero-order valence-electron chi connectivity index (χ0n) is 15.9. The molecule has 0 aliphatic rings. The summed E-state index contributed by atoms with van der Waals surface area (Å²) in [6, 6.07) is 8.87. The molecule has 2 aromatic heterocycles. The van der Waals surface area contributed by atoms with Gasteiger partial charge in [-0.05, 0) is 43.0 Å². The van der Waals surface area contributed by atoms with Crippen molar-refractivity contribution in [3.05, 3.63) is 61.8 Å². The van der Waals surface area contributed by atoms with Gasteiger partial charge >= 0.3 is 6.03 Å². The number of nitrogens with zero attached hydrogens (tertiary/aromatic N) is 2. The van der Waals surface area contributed by atoms with Crippen LogP contribution in [0.1, 0.15) is 31.0 Å². The van der Waals surface area contributed by atoms with Gasteiger partial charge < -0.3 is 15.2 Å². The second-order valence-corrected chi connectivity index (χ2v) is 8.20. The van der Waals surface area contributed by atoms with E-state index in [1.165, 1.54) is 4.88 Å². The standard InChI is InChI=1S/C20H23ClN4O2S/c1-3-8-25(20(27)22-13(2)10-15-5-4-9-28-15)12-18-23-17-11-14(21)6-7-16(17)19(26)24-18/h4-7,9,11,13H,3,8,10,12H2,1-2H3,(H,22,27)(H,23,24,26). The topological polar surface area (TPSA) is 78.1 Å². The maximum absolute atomic E-state index is 12.8. The van der Waals surface area contributed by atoms with Crippen molar-refractivity contribution in [1.29, 1.82) is 0 Å². The fraction of sp³-hybridized carbons (Fsp3) is 0.350. The number of aromatic amines is 1. The van der Waals surface area contributed by atoms with Crippen molar-refractivity contribution >= 4 is 39.9 Å². The van der Waals surface area contributed by atoms with Gasteiger partial charge in [0.1, 0.15) is 5.82 Å². The Morgan fingerprint density at radius 3 is 2.93 bits per heavy atom. The van der Waals surface area contributed by atoms with Gasteiger partial charge in [-0.3, -0.25) is 4.79 Å². The number of H-pyrrole nitrogens is 1. The van der Waals surface area contributed by atoms with Gasteiger partial charge in [-0.15, -0.1) is 11.3 Å². The zero-order chi connectivity index (χ0) is 20.1. The molecule has 1 atom stereocenters. The largest absolute Gasteiger partial charge is 0.335 e. The van der Waals surface area contributed by atoms with Gasteiger partial charge in [0, 0.05) is 28.9 Å². The van der Waals surface area contributed by atoms with E-state index in [9.17, 15) is 9.59 Å². The highest BCUT2D eigenvalue weighted by Gasteiger charge is 2.17. The van der Waals surface area contributed by atoms with E-state index in [0.29, 0.717) is 28.3 Å². The van der Waals surface area contributed by atoms with Crippen LogP contribution < -0.4 is 10.9 Å². The molecule has 1 aromatic carbocycles. The van der Waals surface area contributed by atoms with Gasteiger partial charge in [0.15, 0.2) is 0 Å². The monoisotopic (exact) mass is 418 g/mol. The number of rotatable bonds is 7. The predicted octanol–water partition coefficient (Wildman–Crippen LogP) is 4.19. The van der Waals surface area contributed by atoms with Crippen LogP contribution in [-0.4, -0.2) is 33.5 Å². The van der Waals surface area contributed by atoms with E-state index in [0.717, 1.165) is 12.8 Å². The van der Waals surface area contributed by atoms with E-state index in [-0.39, 0.29) is 24.2 Å². The van der Waals surface area contributed by atoms with E-state index in [1.54, 1.807) is 34.4 Å². The highest BCUT2D eigenvalue weighted by atomic mass is 35.5. The van der Waals surface area contributed by atoms with Crippen LogP contribution in [0.2, 0.25) is 5.02 Å². The predicted molar refractivity (Wildman–Crippen MR) is 114 cm³/mol. The van der Waals surface area contributed by atoms with Crippen LogP contribution >= 0.6 is 22.9 Å². The lowest BCUT2D eigenvalue weighted by Gasteiger charge is -2.24. The van der Waals surface area contributed by atoms with Gasteiger partial charge in [-0.2, -0.15) is 0 Å². The number of amides is 2. The summed E-state index contributed by atoms with van der Waals surface area (Å²) in [4.78, 5) is 35.2. The first kappa shape index (κ1) is 20.4. The van der Waals surface area contributed by atoms with Crippen LogP contribution in [0.3, 0.4) is 0 Å². The quantitative estimate of drug-likeness (QED) is 0.603. The summed E-state index contributed by atoms with van der Waals surface area (Å²) in [5, 5.41) is 6.06. The molecule has 1 unspecified atom stereocenters. The number of nitrogens with one attached hydrogen (secondary N) is 2. The minimum atomic E-state index is -0.236. The van der Waals surface area contributed by atoms with Gasteiger partial charge in [0.05, 0.1) is 17.4 Å². The SMILES string of the molecule is CCCN(Cc1nc2cc(Cl)ccc2c(=O)[nH]1)C(=O)NC(C)Cc1cccs1. The first-order valence-electron chi connectivity index (χ1n) is 9.22. The highest BCUT2D eigenvalue weighted by molar-refractivity contribution is 7.09. The van der Waals surface area contributed by atoms with E-state index in [2.05, 4.69) is 21.4 Å². The van der Waals surface area contributed by atoms with Crippen LogP contribution in [0.4, 0.5) is 4.79 Å². The number of carbonyl (C=O) groups excluding carboxylic acids is 1. The smallest absolute Gasteiger partial charge is 0.318 e. The molecule has 3 rings (SSSR count).